The third-order valence-electron chi connectivity index (χ3n) is 6.48. The number of methoxy groups -OCH3 is 1. The fourth-order valence-corrected chi connectivity index (χ4v) is 4.72. The second kappa shape index (κ2) is 12.6. The molecule has 222 valence electrons. The van der Waals surface area contributed by atoms with Gasteiger partial charge < -0.3 is 19.5 Å². The van der Waals surface area contributed by atoms with Crippen molar-refractivity contribution in [1.29, 1.82) is 0 Å². The largest absolute Gasteiger partial charge is 0.496 e. The van der Waals surface area contributed by atoms with Crippen LogP contribution in [0.1, 0.15) is 17.8 Å². The first-order valence-corrected chi connectivity index (χ1v) is 12.0. The lowest BCUT2D eigenvalue weighted by molar-refractivity contribution is -0.193. The lowest BCUT2D eigenvalue weighted by atomic mass is 9.86. The summed E-state index contributed by atoms with van der Waals surface area (Å²) in [5.41, 5.74) is 3.90. The van der Waals surface area contributed by atoms with Crippen LogP contribution in [-0.2, 0) is 29.1 Å². The van der Waals surface area contributed by atoms with Gasteiger partial charge in [0.25, 0.3) is 0 Å². The molecule has 2 aliphatic rings. The summed E-state index contributed by atoms with van der Waals surface area (Å²) >= 11 is 0. The van der Waals surface area contributed by atoms with Gasteiger partial charge in [0.1, 0.15) is 11.6 Å². The van der Waals surface area contributed by atoms with Crippen LogP contribution in [0.15, 0.2) is 55.0 Å². The van der Waals surface area contributed by atoms with Crippen molar-refractivity contribution < 1.29 is 50.9 Å². The van der Waals surface area contributed by atoms with E-state index in [1.54, 1.807) is 7.11 Å². The minimum Gasteiger partial charge on any atom is -0.496 e. The van der Waals surface area contributed by atoms with Crippen molar-refractivity contribution in [1.82, 2.24) is 19.4 Å². The maximum absolute atomic E-state index is 10.6. The molecule has 9 nitrogen and oxygen atoms in total. The van der Waals surface area contributed by atoms with Gasteiger partial charge in [-0.15, -0.1) is 0 Å². The van der Waals surface area contributed by atoms with Crippen molar-refractivity contribution in [3.8, 4) is 17.0 Å². The lowest BCUT2D eigenvalue weighted by Crippen LogP contribution is -2.28. The van der Waals surface area contributed by atoms with Crippen LogP contribution in [0.5, 0.6) is 5.75 Å². The standard InChI is InChI=1S/C22H24N4O.2C2HF3O2/c1-27-20-7-3-2-6-18(20)19-13-24-21-11-22(16-26(19)21)8-10-25(15-22)14-17-5-4-9-23-12-17;2*3-2(4,5)1(6)7/h2-7,9,12-13H,8,10-11,14-16H2,1H3;2*(H,6,7). The van der Waals surface area contributed by atoms with Gasteiger partial charge in [-0.3, -0.25) is 9.88 Å². The molecule has 1 spiro atoms. The summed E-state index contributed by atoms with van der Waals surface area (Å²) in [5.74, 6) is -3.40. The van der Waals surface area contributed by atoms with Gasteiger partial charge in [0.05, 0.1) is 19.0 Å². The minimum absolute atomic E-state index is 0.308. The van der Waals surface area contributed by atoms with Gasteiger partial charge in [0.15, 0.2) is 0 Å². The van der Waals surface area contributed by atoms with Gasteiger partial charge >= 0.3 is 24.3 Å². The zero-order chi connectivity index (χ0) is 30.4. The number of ether oxygens (including phenoxy) is 1. The predicted octanol–water partition coefficient (Wildman–Crippen LogP) is 4.67. The van der Waals surface area contributed by atoms with E-state index in [2.05, 4.69) is 32.7 Å². The number of likely N-dealkylation sites (tertiary alicyclic amines) is 1. The number of aromatic nitrogens is 3. The molecular formula is C26H26F6N4O5. The predicted molar refractivity (Wildman–Crippen MR) is 132 cm³/mol. The molecule has 2 N–H and O–H groups in total. The topological polar surface area (TPSA) is 118 Å². The molecule has 1 atom stereocenters. The Balaban J connectivity index is 0.000000276. The Bertz CT molecular complexity index is 1320. The fourth-order valence-electron chi connectivity index (χ4n) is 4.72. The minimum atomic E-state index is -5.08. The number of hydrogen-bond acceptors (Lipinski definition) is 6. The van der Waals surface area contributed by atoms with Gasteiger partial charge in [0, 0.05) is 49.4 Å². The second-order valence-corrected chi connectivity index (χ2v) is 9.45. The summed E-state index contributed by atoms with van der Waals surface area (Å²) in [6.07, 6.45) is -2.06. The molecule has 4 heterocycles. The molecule has 1 saturated heterocycles. The van der Waals surface area contributed by atoms with Crippen LogP contribution in [0.4, 0.5) is 26.3 Å². The molecule has 1 fully saturated rings. The molecule has 0 radical (unpaired) electrons. The van der Waals surface area contributed by atoms with E-state index in [-0.39, 0.29) is 0 Å². The molecule has 0 amide bonds. The van der Waals surface area contributed by atoms with E-state index in [4.69, 9.17) is 29.5 Å². The number of pyridine rings is 1. The number of carboxylic acids is 2. The molecule has 41 heavy (non-hydrogen) atoms. The molecule has 1 unspecified atom stereocenters. The lowest BCUT2D eigenvalue weighted by Gasteiger charge is -2.23. The molecule has 0 aliphatic carbocycles. The van der Waals surface area contributed by atoms with Gasteiger partial charge in [-0.05, 0) is 36.7 Å². The SMILES string of the molecule is COc1ccccc1-c1cnc2n1CC1(CCN(Cc3cccnc3)C1)C2.O=C(O)C(F)(F)F.O=C(O)C(F)(F)F. The normalized spacial score (nSPS) is 18.1. The molecule has 0 bridgehead atoms. The van der Waals surface area contributed by atoms with Crippen LogP contribution in [0.25, 0.3) is 11.3 Å². The highest BCUT2D eigenvalue weighted by atomic mass is 19.4. The Hall–Kier alpha value is -4.14. The summed E-state index contributed by atoms with van der Waals surface area (Å²) in [6.45, 7) is 4.29. The number of hydrogen-bond donors (Lipinski definition) is 2. The van der Waals surface area contributed by atoms with Crippen LogP contribution < -0.4 is 4.74 Å². The Morgan fingerprint density at radius 3 is 2.17 bits per heavy atom. The van der Waals surface area contributed by atoms with E-state index in [1.807, 2.05) is 36.8 Å². The molecule has 0 saturated carbocycles. The van der Waals surface area contributed by atoms with E-state index < -0.39 is 24.3 Å². The van der Waals surface area contributed by atoms with Crippen LogP contribution in [0, 0.1) is 5.41 Å². The van der Waals surface area contributed by atoms with Crippen molar-refractivity contribution in [2.75, 3.05) is 20.2 Å². The number of rotatable bonds is 4. The van der Waals surface area contributed by atoms with Crippen LogP contribution in [0.3, 0.4) is 0 Å². The Labute approximate surface area is 230 Å². The first kappa shape index (κ1) is 31.4. The fraction of sp³-hybridized carbons (Fsp3) is 0.385. The number of para-hydroxylation sites is 1. The van der Waals surface area contributed by atoms with Gasteiger partial charge in [0.2, 0.25) is 0 Å². The van der Waals surface area contributed by atoms with Gasteiger partial charge in [-0.1, -0.05) is 18.2 Å². The number of benzene rings is 1. The van der Waals surface area contributed by atoms with E-state index in [0.717, 1.165) is 43.9 Å². The number of nitrogens with zero attached hydrogens (tertiary/aromatic N) is 4. The number of alkyl halides is 6. The highest BCUT2D eigenvalue weighted by molar-refractivity contribution is 5.73. The summed E-state index contributed by atoms with van der Waals surface area (Å²) in [6, 6.07) is 12.4. The highest BCUT2D eigenvalue weighted by Gasteiger charge is 2.44. The average Bonchev–Trinajstić information content (AvgIpc) is 3.58. The molecule has 1 aromatic carbocycles. The first-order chi connectivity index (χ1) is 19.1. The summed E-state index contributed by atoms with van der Waals surface area (Å²) in [7, 11) is 1.73. The van der Waals surface area contributed by atoms with Crippen molar-refractivity contribution in [3.05, 3.63) is 66.4 Å². The van der Waals surface area contributed by atoms with Crippen LogP contribution in [-0.4, -0.2) is 74.1 Å². The maximum Gasteiger partial charge on any atom is 0.490 e. The number of imidazole rings is 1. The number of fused-ring (bicyclic) bond motifs is 1. The Kier molecular flexibility index (Phi) is 9.63. The molecule has 3 aromatic rings. The van der Waals surface area contributed by atoms with Crippen LogP contribution >= 0.6 is 0 Å². The van der Waals surface area contributed by atoms with E-state index in [9.17, 15) is 26.3 Å². The van der Waals surface area contributed by atoms with E-state index >= 15 is 0 Å². The van der Waals surface area contributed by atoms with Crippen molar-refractivity contribution in [2.24, 2.45) is 5.41 Å². The Morgan fingerprint density at radius 2 is 1.61 bits per heavy atom. The van der Waals surface area contributed by atoms with Gasteiger partial charge in [-0.2, -0.15) is 26.3 Å². The van der Waals surface area contributed by atoms with Gasteiger partial charge in [-0.25, -0.2) is 14.6 Å². The number of aliphatic carboxylic acids is 2. The zero-order valence-corrected chi connectivity index (χ0v) is 21.6. The summed E-state index contributed by atoms with van der Waals surface area (Å²) < 4.78 is 71.5. The molecule has 2 aliphatic heterocycles. The highest BCUT2D eigenvalue weighted by Crippen LogP contribution is 2.43. The number of halogens is 6. The summed E-state index contributed by atoms with van der Waals surface area (Å²) in [4.78, 5) is 29.4. The quantitative estimate of drug-likeness (QED) is 0.423. The van der Waals surface area contributed by atoms with Crippen molar-refractivity contribution in [3.63, 3.8) is 0 Å². The van der Waals surface area contributed by atoms with E-state index in [1.165, 1.54) is 23.5 Å². The molecule has 5 rings (SSSR count). The molecule has 15 heteroatoms. The maximum atomic E-state index is 10.6. The summed E-state index contributed by atoms with van der Waals surface area (Å²) in [5, 5.41) is 14.2. The number of carboxylic acid groups (broad SMARTS) is 2. The third kappa shape index (κ3) is 8.19. The first-order valence-electron chi connectivity index (χ1n) is 12.0. The molecule has 2 aromatic heterocycles. The van der Waals surface area contributed by atoms with Crippen molar-refractivity contribution in [2.45, 2.75) is 38.3 Å². The van der Waals surface area contributed by atoms with Crippen LogP contribution in [0.2, 0.25) is 0 Å². The monoisotopic (exact) mass is 588 g/mol. The van der Waals surface area contributed by atoms with E-state index in [0.29, 0.717) is 5.41 Å². The Morgan fingerprint density at radius 1 is 0.976 bits per heavy atom. The second-order valence-electron chi connectivity index (χ2n) is 9.45. The average molecular weight is 589 g/mol. The number of carbonyl (C=O) groups is 2. The smallest absolute Gasteiger partial charge is 0.490 e. The molecular weight excluding hydrogens is 562 g/mol. The zero-order valence-electron chi connectivity index (χ0n) is 21.6. The van der Waals surface area contributed by atoms with Crippen molar-refractivity contribution >= 4 is 11.9 Å². The third-order valence-corrected chi connectivity index (χ3v) is 6.48.